The van der Waals surface area contributed by atoms with Gasteiger partial charge in [-0.2, -0.15) is 0 Å². The summed E-state index contributed by atoms with van der Waals surface area (Å²) in [5, 5.41) is 2.82. The molecule has 39 heavy (non-hydrogen) atoms. The van der Waals surface area contributed by atoms with Crippen molar-refractivity contribution in [2.24, 2.45) is 0 Å². The molecule has 3 aromatic carbocycles. The Balaban J connectivity index is 2.02. The Morgan fingerprint density at radius 1 is 0.949 bits per heavy atom. The molecule has 1 N–H and O–H groups in total. The first kappa shape index (κ1) is 29.8. The number of halogens is 1. The lowest BCUT2D eigenvalue weighted by Gasteiger charge is -2.32. The van der Waals surface area contributed by atoms with E-state index in [1.54, 1.807) is 61.5 Å². The molecule has 7 nitrogen and oxygen atoms in total. The van der Waals surface area contributed by atoms with Crippen LogP contribution in [0.25, 0.3) is 0 Å². The third kappa shape index (κ3) is 7.44. The molecule has 3 rings (SSSR count). The highest BCUT2D eigenvalue weighted by molar-refractivity contribution is 7.92. The second-order valence-corrected chi connectivity index (χ2v) is 11.4. The molecule has 0 spiro atoms. The molecular formula is C30H36FN3O4S. The van der Waals surface area contributed by atoms with E-state index in [1.165, 1.54) is 23.1 Å². The van der Waals surface area contributed by atoms with Gasteiger partial charge in [0, 0.05) is 18.7 Å². The van der Waals surface area contributed by atoms with Crippen LogP contribution in [-0.4, -0.2) is 44.3 Å². The zero-order valence-electron chi connectivity index (χ0n) is 22.9. The van der Waals surface area contributed by atoms with E-state index in [-0.39, 0.29) is 17.0 Å². The maximum atomic E-state index is 14.6. The quantitative estimate of drug-likeness (QED) is 0.321. The van der Waals surface area contributed by atoms with Crippen LogP contribution >= 0.6 is 0 Å². The van der Waals surface area contributed by atoms with Crippen molar-refractivity contribution in [1.29, 1.82) is 0 Å². The summed E-state index contributed by atoms with van der Waals surface area (Å²) in [6.07, 6.45) is 1.66. The maximum absolute atomic E-state index is 14.6. The third-order valence-electron chi connectivity index (χ3n) is 6.68. The van der Waals surface area contributed by atoms with Crippen molar-refractivity contribution in [2.45, 2.75) is 58.0 Å². The minimum Gasteiger partial charge on any atom is -0.354 e. The average molecular weight is 554 g/mol. The van der Waals surface area contributed by atoms with Gasteiger partial charge in [-0.1, -0.05) is 55.8 Å². The highest BCUT2D eigenvalue weighted by atomic mass is 32.2. The average Bonchev–Trinajstić information content (AvgIpc) is 2.92. The lowest BCUT2D eigenvalue weighted by molar-refractivity contribution is -0.139. The number of benzene rings is 3. The van der Waals surface area contributed by atoms with Gasteiger partial charge in [0.2, 0.25) is 11.8 Å². The molecule has 0 radical (unpaired) electrons. The SMILES string of the molecule is CCCCNC(=O)[C@@H](C)N(Cc1ccccc1F)C(=O)CN(c1ccc(C)c(C)c1)S(=O)(=O)c1ccccc1. The van der Waals surface area contributed by atoms with Gasteiger partial charge in [-0.25, -0.2) is 12.8 Å². The summed E-state index contributed by atoms with van der Waals surface area (Å²) in [5.41, 5.74) is 2.38. The van der Waals surface area contributed by atoms with Gasteiger partial charge in [0.05, 0.1) is 10.6 Å². The zero-order chi connectivity index (χ0) is 28.6. The fraction of sp³-hybridized carbons (Fsp3) is 0.333. The Labute approximate surface area is 230 Å². The molecule has 0 aromatic heterocycles. The lowest BCUT2D eigenvalue weighted by atomic mass is 10.1. The Morgan fingerprint density at radius 3 is 2.26 bits per heavy atom. The van der Waals surface area contributed by atoms with E-state index in [0.717, 1.165) is 28.3 Å². The molecule has 0 saturated heterocycles. The normalized spacial score (nSPS) is 12.0. The number of hydrogen-bond acceptors (Lipinski definition) is 4. The van der Waals surface area contributed by atoms with Gasteiger partial charge in [-0.05, 0) is 68.7 Å². The topological polar surface area (TPSA) is 86.8 Å². The summed E-state index contributed by atoms with van der Waals surface area (Å²) in [6, 6.07) is 18.1. The summed E-state index contributed by atoms with van der Waals surface area (Å²) in [4.78, 5) is 28.1. The number of hydrogen-bond donors (Lipinski definition) is 1. The predicted molar refractivity (Wildman–Crippen MR) is 151 cm³/mol. The molecule has 9 heteroatoms. The highest BCUT2D eigenvalue weighted by Gasteiger charge is 2.32. The lowest BCUT2D eigenvalue weighted by Crippen LogP contribution is -2.51. The molecule has 0 aliphatic rings. The van der Waals surface area contributed by atoms with E-state index in [1.807, 2.05) is 20.8 Å². The van der Waals surface area contributed by atoms with E-state index in [9.17, 15) is 22.4 Å². The summed E-state index contributed by atoms with van der Waals surface area (Å²) in [5.74, 6) is -1.54. The summed E-state index contributed by atoms with van der Waals surface area (Å²) < 4.78 is 43.2. The fourth-order valence-electron chi connectivity index (χ4n) is 4.06. The van der Waals surface area contributed by atoms with E-state index in [2.05, 4.69) is 5.32 Å². The van der Waals surface area contributed by atoms with Gasteiger partial charge in [0.15, 0.2) is 0 Å². The number of anilines is 1. The van der Waals surface area contributed by atoms with Crippen molar-refractivity contribution in [2.75, 3.05) is 17.4 Å². The van der Waals surface area contributed by atoms with Crippen LogP contribution < -0.4 is 9.62 Å². The molecule has 0 aliphatic carbocycles. The summed E-state index contributed by atoms with van der Waals surface area (Å²) in [7, 11) is -4.15. The smallest absolute Gasteiger partial charge is 0.264 e. The first-order chi connectivity index (χ1) is 18.6. The number of carbonyl (C=O) groups is 2. The first-order valence-electron chi connectivity index (χ1n) is 13.0. The second kappa shape index (κ2) is 13.4. The molecular weight excluding hydrogens is 517 g/mol. The molecule has 0 heterocycles. The number of aryl methyl sites for hydroxylation is 2. The molecule has 208 valence electrons. The van der Waals surface area contributed by atoms with Crippen molar-refractivity contribution in [3.8, 4) is 0 Å². The van der Waals surface area contributed by atoms with Crippen molar-refractivity contribution in [1.82, 2.24) is 10.2 Å². The highest BCUT2D eigenvalue weighted by Crippen LogP contribution is 2.26. The number of amides is 2. The molecule has 0 unspecified atom stereocenters. The van der Waals surface area contributed by atoms with Crippen LogP contribution in [-0.2, 0) is 26.2 Å². The molecule has 1 atom stereocenters. The van der Waals surface area contributed by atoms with E-state index in [4.69, 9.17) is 0 Å². The van der Waals surface area contributed by atoms with E-state index >= 15 is 0 Å². The number of nitrogens with zero attached hydrogens (tertiary/aromatic N) is 2. The molecule has 3 aromatic rings. The van der Waals surface area contributed by atoms with Crippen molar-refractivity contribution in [3.63, 3.8) is 0 Å². The number of nitrogens with one attached hydrogen (secondary N) is 1. The number of rotatable bonds is 12. The minimum absolute atomic E-state index is 0.0297. The second-order valence-electron chi connectivity index (χ2n) is 9.53. The molecule has 2 amide bonds. The molecule has 0 saturated carbocycles. The Kier molecular flexibility index (Phi) is 10.2. The molecule has 0 aliphatic heterocycles. The van der Waals surface area contributed by atoms with Gasteiger partial charge in [0.25, 0.3) is 10.0 Å². The van der Waals surface area contributed by atoms with Gasteiger partial charge in [-0.15, -0.1) is 0 Å². The number of carbonyl (C=O) groups excluding carboxylic acids is 2. The van der Waals surface area contributed by atoms with E-state index < -0.39 is 40.2 Å². The van der Waals surface area contributed by atoms with Gasteiger partial charge >= 0.3 is 0 Å². The monoisotopic (exact) mass is 553 g/mol. The van der Waals surface area contributed by atoms with Crippen LogP contribution in [0.2, 0.25) is 0 Å². The Bertz CT molecular complexity index is 1400. The number of unbranched alkanes of at least 4 members (excludes halogenated alkanes) is 1. The van der Waals surface area contributed by atoms with Crippen LogP contribution in [0.4, 0.5) is 10.1 Å². The van der Waals surface area contributed by atoms with Gasteiger partial charge in [-0.3, -0.25) is 13.9 Å². The minimum atomic E-state index is -4.15. The zero-order valence-corrected chi connectivity index (χ0v) is 23.7. The summed E-state index contributed by atoms with van der Waals surface area (Å²) in [6.45, 7) is 7.01. The maximum Gasteiger partial charge on any atom is 0.264 e. The van der Waals surface area contributed by atoms with Crippen molar-refractivity contribution < 1.29 is 22.4 Å². The van der Waals surface area contributed by atoms with Crippen LogP contribution in [0.15, 0.2) is 77.7 Å². The van der Waals surface area contributed by atoms with Gasteiger partial charge in [0.1, 0.15) is 18.4 Å². The third-order valence-corrected chi connectivity index (χ3v) is 8.47. The first-order valence-corrected chi connectivity index (χ1v) is 14.5. The molecule has 0 fully saturated rings. The largest absolute Gasteiger partial charge is 0.354 e. The molecule has 0 bridgehead atoms. The van der Waals surface area contributed by atoms with Gasteiger partial charge < -0.3 is 10.2 Å². The Morgan fingerprint density at radius 2 is 1.62 bits per heavy atom. The predicted octanol–water partition coefficient (Wildman–Crippen LogP) is 4.97. The standard InChI is InChI=1S/C30H36FN3O4S/c1-5-6-18-32-30(36)24(4)33(20-25-12-10-11-15-28(25)31)29(35)21-34(26-17-16-22(2)23(3)19-26)39(37,38)27-13-8-7-9-14-27/h7-17,19,24H,5-6,18,20-21H2,1-4H3,(H,32,36)/t24-/m1/s1. The van der Waals surface area contributed by atoms with Crippen LogP contribution in [0.1, 0.15) is 43.4 Å². The van der Waals surface area contributed by atoms with Crippen molar-refractivity contribution >= 4 is 27.5 Å². The van der Waals surface area contributed by atoms with E-state index in [0.29, 0.717) is 12.2 Å². The summed E-state index contributed by atoms with van der Waals surface area (Å²) >= 11 is 0. The van der Waals surface area contributed by atoms with Crippen LogP contribution in [0.3, 0.4) is 0 Å². The van der Waals surface area contributed by atoms with Crippen LogP contribution in [0.5, 0.6) is 0 Å². The number of sulfonamides is 1. The Hall–Kier alpha value is -3.72. The fourth-order valence-corrected chi connectivity index (χ4v) is 5.49. The van der Waals surface area contributed by atoms with Crippen LogP contribution in [0, 0.1) is 19.7 Å². The van der Waals surface area contributed by atoms with Crippen molar-refractivity contribution in [3.05, 3.63) is 95.3 Å².